The highest BCUT2D eigenvalue weighted by molar-refractivity contribution is 7.22. The predicted octanol–water partition coefficient (Wildman–Crippen LogP) is 4.89. The van der Waals surface area contributed by atoms with Crippen LogP contribution in [0.4, 0.5) is 9.52 Å². The average molecular weight is 500 g/mol. The molecule has 0 bridgehead atoms. The summed E-state index contributed by atoms with van der Waals surface area (Å²) in [6.45, 7) is 4.47. The topological polar surface area (TPSA) is 54.9 Å². The number of ether oxygens (including phenoxy) is 2. The normalized spacial score (nSPS) is 14.2. The van der Waals surface area contributed by atoms with Crippen molar-refractivity contribution in [3.05, 3.63) is 52.8 Å². The minimum atomic E-state index is -0.402. The largest absolute Gasteiger partial charge is 0.496 e. The number of aromatic nitrogens is 1. The van der Waals surface area contributed by atoms with E-state index in [4.69, 9.17) is 21.1 Å². The lowest BCUT2D eigenvalue weighted by atomic mass is 10.1. The van der Waals surface area contributed by atoms with Crippen molar-refractivity contribution in [2.75, 3.05) is 51.4 Å². The van der Waals surface area contributed by atoms with Gasteiger partial charge in [-0.15, -0.1) is 12.4 Å². The number of benzene rings is 2. The van der Waals surface area contributed by atoms with E-state index in [2.05, 4.69) is 9.88 Å². The van der Waals surface area contributed by atoms with Crippen LogP contribution in [0.25, 0.3) is 10.2 Å². The van der Waals surface area contributed by atoms with Crippen molar-refractivity contribution >= 4 is 56.6 Å². The smallest absolute Gasteiger partial charge is 0.263 e. The molecule has 1 amide bonds. The van der Waals surface area contributed by atoms with Crippen LogP contribution in [0.1, 0.15) is 16.8 Å². The minimum absolute atomic E-state index is 0. The van der Waals surface area contributed by atoms with Crippen molar-refractivity contribution in [1.82, 2.24) is 9.88 Å². The molecule has 1 aliphatic heterocycles. The van der Waals surface area contributed by atoms with Gasteiger partial charge in [-0.2, -0.15) is 0 Å². The summed E-state index contributed by atoms with van der Waals surface area (Å²) in [5, 5.41) is 0.891. The highest BCUT2D eigenvalue weighted by atomic mass is 35.5. The molecule has 0 aliphatic carbocycles. The van der Waals surface area contributed by atoms with Crippen LogP contribution in [-0.4, -0.2) is 62.3 Å². The number of anilines is 1. The number of rotatable bonds is 7. The van der Waals surface area contributed by atoms with Crippen LogP contribution in [0.3, 0.4) is 0 Å². The Balaban J connectivity index is 0.00000289. The van der Waals surface area contributed by atoms with Gasteiger partial charge in [-0.25, -0.2) is 9.37 Å². The van der Waals surface area contributed by atoms with Gasteiger partial charge in [-0.3, -0.25) is 14.6 Å². The highest BCUT2D eigenvalue weighted by Crippen LogP contribution is 2.33. The Hall–Kier alpha value is -1.97. The molecule has 1 fully saturated rings. The number of para-hydroxylation sites is 1. The Morgan fingerprint density at radius 2 is 2.09 bits per heavy atom. The number of morpholine rings is 1. The summed E-state index contributed by atoms with van der Waals surface area (Å²) < 4.78 is 25.7. The Kier molecular flexibility index (Phi) is 8.67. The van der Waals surface area contributed by atoms with Crippen LogP contribution in [0.15, 0.2) is 36.4 Å². The second-order valence-corrected chi connectivity index (χ2v) is 8.64. The number of halogens is 3. The van der Waals surface area contributed by atoms with E-state index in [1.54, 1.807) is 35.2 Å². The number of hydrogen-bond donors (Lipinski definition) is 0. The molecule has 6 nitrogen and oxygen atoms in total. The van der Waals surface area contributed by atoms with Crippen molar-refractivity contribution in [2.45, 2.75) is 6.42 Å². The predicted molar refractivity (Wildman–Crippen MR) is 128 cm³/mol. The van der Waals surface area contributed by atoms with Crippen molar-refractivity contribution in [3.8, 4) is 5.75 Å². The van der Waals surface area contributed by atoms with Gasteiger partial charge in [0, 0.05) is 31.2 Å². The summed E-state index contributed by atoms with van der Waals surface area (Å²) in [7, 11) is 1.51. The van der Waals surface area contributed by atoms with E-state index in [-0.39, 0.29) is 23.8 Å². The average Bonchev–Trinajstić information content (AvgIpc) is 3.22. The van der Waals surface area contributed by atoms with Gasteiger partial charge in [0.05, 0.1) is 30.6 Å². The third-order valence-electron chi connectivity index (χ3n) is 5.19. The van der Waals surface area contributed by atoms with Gasteiger partial charge in [0.15, 0.2) is 5.13 Å². The lowest BCUT2D eigenvalue weighted by Gasteiger charge is -2.28. The minimum Gasteiger partial charge on any atom is -0.496 e. The molecule has 3 aromatic rings. The maximum absolute atomic E-state index is 14.2. The molecule has 32 heavy (non-hydrogen) atoms. The molecular formula is C22H24Cl2FN3O3S. The quantitative estimate of drug-likeness (QED) is 0.463. The lowest BCUT2D eigenvalue weighted by Crippen LogP contribution is -2.39. The Labute approximate surface area is 201 Å². The second kappa shape index (κ2) is 11.2. The van der Waals surface area contributed by atoms with E-state index in [0.29, 0.717) is 32.7 Å². The Morgan fingerprint density at radius 3 is 2.81 bits per heavy atom. The molecule has 2 heterocycles. The molecule has 4 rings (SSSR count). The summed E-state index contributed by atoms with van der Waals surface area (Å²) in [5.74, 6) is -0.248. The molecule has 1 aromatic heterocycles. The van der Waals surface area contributed by atoms with Gasteiger partial charge in [0.25, 0.3) is 5.91 Å². The first-order valence-electron chi connectivity index (χ1n) is 10.1. The van der Waals surface area contributed by atoms with E-state index in [1.807, 2.05) is 0 Å². The molecule has 1 saturated heterocycles. The zero-order valence-corrected chi connectivity index (χ0v) is 19.9. The summed E-state index contributed by atoms with van der Waals surface area (Å²) in [6, 6.07) is 9.74. The van der Waals surface area contributed by atoms with Gasteiger partial charge in [-0.1, -0.05) is 29.0 Å². The van der Waals surface area contributed by atoms with Crippen molar-refractivity contribution in [1.29, 1.82) is 0 Å². The second-order valence-electron chi connectivity index (χ2n) is 7.19. The van der Waals surface area contributed by atoms with E-state index >= 15 is 0 Å². The van der Waals surface area contributed by atoms with Gasteiger partial charge in [0.1, 0.15) is 17.1 Å². The SMILES string of the molecule is COc1ccc(Cl)cc1C(=O)N(CCCN1CCOCC1)c1nc2c(F)cccc2s1.Cl. The molecule has 0 unspecified atom stereocenters. The standard InChI is InChI=1S/C22H23ClFN3O3S.ClH/c1-29-18-7-6-15(23)14-16(18)21(28)27(9-3-8-26-10-12-30-13-11-26)22-25-20-17(24)4-2-5-19(20)31-22;/h2,4-7,14H,3,8-13H2,1H3;1H. The summed E-state index contributed by atoms with van der Waals surface area (Å²) in [4.78, 5) is 21.9. The number of hydrogen-bond acceptors (Lipinski definition) is 6. The zero-order chi connectivity index (χ0) is 21.8. The molecule has 10 heteroatoms. The number of methoxy groups -OCH3 is 1. The highest BCUT2D eigenvalue weighted by Gasteiger charge is 2.25. The molecule has 2 aromatic carbocycles. The maximum atomic E-state index is 14.2. The third-order valence-corrected chi connectivity index (χ3v) is 6.46. The van der Waals surface area contributed by atoms with Gasteiger partial charge < -0.3 is 9.47 Å². The van der Waals surface area contributed by atoms with Crippen LogP contribution >= 0.6 is 35.3 Å². The first-order chi connectivity index (χ1) is 15.1. The fourth-order valence-corrected chi connectivity index (χ4v) is 4.75. The number of carbonyl (C=O) groups excluding carboxylic acids is 1. The first-order valence-corrected chi connectivity index (χ1v) is 11.3. The lowest BCUT2D eigenvalue weighted by molar-refractivity contribution is 0.0376. The maximum Gasteiger partial charge on any atom is 0.263 e. The van der Waals surface area contributed by atoms with Gasteiger partial charge in [0.2, 0.25) is 0 Å². The fourth-order valence-electron chi connectivity index (χ4n) is 3.57. The van der Waals surface area contributed by atoms with E-state index in [9.17, 15) is 9.18 Å². The van der Waals surface area contributed by atoms with Crippen LogP contribution in [-0.2, 0) is 4.74 Å². The molecule has 0 atom stereocenters. The number of nitrogens with zero attached hydrogens (tertiary/aromatic N) is 3. The molecule has 0 spiro atoms. The number of carbonyl (C=O) groups is 1. The number of fused-ring (bicyclic) bond motifs is 1. The monoisotopic (exact) mass is 499 g/mol. The van der Waals surface area contributed by atoms with Crippen molar-refractivity contribution < 1.29 is 18.7 Å². The van der Waals surface area contributed by atoms with Gasteiger partial charge >= 0.3 is 0 Å². The van der Waals surface area contributed by atoms with Crippen LogP contribution in [0.5, 0.6) is 5.75 Å². The zero-order valence-electron chi connectivity index (χ0n) is 17.6. The first kappa shape index (κ1) is 24.7. The molecular weight excluding hydrogens is 476 g/mol. The molecule has 172 valence electrons. The molecule has 1 aliphatic rings. The van der Waals surface area contributed by atoms with E-state index < -0.39 is 5.82 Å². The molecule has 0 saturated carbocycles. The van der Waals surface area contributed by atoms with Crippen LogP contribution in [0.2, 0.25) is 5.02 Å². The van der Waals surface area contributed by atoms with Crippen molar-refractivity contribution in [2.24, 2.45) is 0 Å². The van der Waals surface area contributed by atoms with E-state index in [1.165, 1.54) is 24.5 Å². The summed E-state index contributed by atoms with van der Waals surface area (Å²) in [6.07, 6.45) is 0.743. The van der Waals surface area contributed by atoms with Crippen LogP contribution < -0.4 is 9.64 Å². The van der Waals surface area contributed by atoms with Crippen LogP contribution in [0, 0.1) is 5.82 Å². The fraction of sp³-hybridized carbons (Fsp3) is 0.364. The third kappa shape index (κ3) is 5.50. The Bertz CT molecular complexity index is 1080. The van der Waals surface area contributed by atoms with Gasteiger partial charge in [-0.05, 0) is 36.8 Å². The summed E-state index contributed by atoms with van der Waals surface area (Å²) >= 11 is 7.44. The molecule has 0 radical (unpaired) electrons. The molecule has 0 N–H and O–H groups in total. The number of thiazole rings is 1. The Morgan fingerprint density at radius 1 is 1.31 bits per heavy atom. The van der Waals surface area contributed by atoms with E-state index in [0.717, 1.165) is 39.3 Å². The number of amides is 1. The summed E-state index contributed by atoms with van der Waals surface area (Å²) in [5.41, 5.74) is 0.618. The van der Waals surface area contributed by atoms with Crippen molar-refractivity contribution in [3.63, 3.8) is 0 Å².